The highest BCUT2D eigenvalue weighted by Crippen LogP contribution is 2.00. The van der Waals surface area contributed by atoms with Gasteiger partial charge in [-0.1, -0.05) is 0 Å². The number of aryl methyl sites for hydroxylation is 1. The molecular weight excluding hydrogens is 196 g/mol. The van der Waals surface area contributed by atoms with E-state index < -0.39 is 0 Å². The van der Waals surface area contributed by atoms with Crippen molar-refractivity contribution in [2.24, 2.45) is 0 Å². The minimum atomic E-state index is -0.179. The molecule has 0 aliphatic rings. The van der Waals surface area contributed by atoms with E-state index in [0.29, 0.717) is 6.54 Å². The quantitative estimate of drug-likeness (QED) is 0.754. The minimum Gasteiger partial charge on any atom is -0.311 e. The molecule has 4 heteroatoms. The lowest BCUT2D eigenvalue weighted by molar-refractivity contribution is 0.706. The molecule has 0 unspecified atom stereocenters. The minimum absolute atomic E-state index is 0.179. The fourth-order valence-corrected chi connectivity index (χ4v) is 1.58. The zero-order valence-corrected chi connectivity index (χ0v) is 9.10. The highest BCUT2D eigenvalue weighted by Gasteiger charge is 2.04. The van der Waals surface area contributed by atoms with E-state index in [0.717, 1.165) is 11.4 Å². The van der Waals surface area contributed by atoms with Crippen LogP contribution in [0.15, 0.2) is 16.9 Å². The highest BCUT2D eigenvalue weighted by atomic mass is 32.2. The second-order valence-corrected chi connectivity index (χ2v) is 3.94. The second-order valence-electron chi connectivity index (χ2n) is 2.95. The van der Waals surface area contributed by atoms with Crippen LogP contribution in [0.25, 0.3) is 0 Å². The Hall–Kier alpha value is -1.21. The van der Waals surface area contributed by atoms with Crippen molar-refractivity contribution in [3.05, 3.63) is 33.7 Å². The van der Waals surface area contributed by atoms with Crippen LogP contribution in [0.4, 0.5) is 0 Å². The number of hydrogen-bond donors (Lipinski definition) is 0. The van der Waals surface area contributed by atoms with Crippen LogP contribution in [0.2, 0.25) is 0 Å². The molecule has 0 fully saturated rings. The van der Waals surface area contributed by atoms with Crippen molar-refractivity contribution < 1.29 is 0 Å². The van der Waals surface area contributed by atoms with Gasteiger partial charge in [0.2, 0.25) is 0 Å². The van der Waals surface area contributed by atoms with Crippen LogP contribution in [0.5, 0.6) is 0 Å². The third kappa shape index (κ3) is 2.18. The molecule has 0 saturated carbocycles. The number of aromatic nitrogens is 1. The number of hydrogen-bond acceptors (Lipinski definition) is 3. The van der Waals surface area contributed by atoms with Gasteiger partial charge in [0.15, 0.2) is 0 Å². The Morgan fingerprint density at radius 3 is 2.86 bits per heavy atom. The molecule has 0 spiro atoms. The lowest BCUT2D eigenvalue weighted by atomic mass is 10.2. The molecule has 0 aliphatic carbocycles. The summed E-state index contributed by atoms with van der Waals surface area (Å²) in [6.07, 6.45) is 1.99. The molecule has 0 saturated heterocycles. The number of thioether (sulfide) groups is 1. The molecule has 1 aromatic heterocycles. The van der Waals surface area contributed by atoms with Crippen molar-refractivity contribution in [2.75, 3.05) is 12.0 Å². The average molecular weight is 208 g/mol. The fraction of sp³-hybridized carbons (Fsp3) is 0.400. The molecule has 0 radical (unpaired) electrons. The summed E-state index contributed by atoms with van der Waals surface area (Å²) in [4.78, 5) is 11.7. The monoisotopic (exact) mass is 208 g/mol. The van der Waals surface area contributed by atoms with Crippen molar-refractivity contribution in [1.82, 2.24) is 4.57 Å². The summed E-state index contributed by atoms with van der Waals surface area (Å²) in [6.45, 7) is 2.55. The molecule has 1 aromatic rings. The lowest BCUT2D eigenvalue weighted by Gasteiger charge is -2.08. The Morgan fingerprint density at radius 1 is 1.57 bits per heavy atom. The van der Waals surface area contributed by atoms with Crippen LogP contribution in [-0.2, 0) is 6.54 Å². The fourth-order valence-electron chi connectivity index (χ4n) is 1.22. The van der Waals surface area contributed by atoms with Crippen molar-refractivity contribution in [1.29, 1.82) is 5.26 Å². The maximum Gasteiger partial charge on any atom is 0.268 e. The first-order valence-electron chi connectivity index (χ1n) is 4.30. The molecule has 0 aliphatic heterocycles. The van der Waals surface area contributed by atoms with E-state index in [4.69, 9.17) is 5.26 Å². The van der Waals surface area contributed by atoms with E-state index >= 15 is 0 Å². The topological polar surface area (TPSA) is 45.8 Å². The Balaban J connectivity index is 3.14. The molecule has 1 heterocycles. The van der Waals surface area contributed by atoms with Gasteiger partial charge in [-0.25, -0.2) is 0 Å². The zero-order valence-electron chi connectivity index (χ0n) is 8.28. The predicted molar refractivity (Wildman–Crippen MR) is 58.5 cm³/mol. The van der Waals surface area contributed by atoms with Gasteiger partial charge in [-0.3, -0.25) is 4.79 Å². The molecule has 0 N–H and O–H groups in total. The van der Waals surface area contributed by atoms with Gasteiger partial charge in [-0.2, -0.15) is 17.0 Å². The van der Waals surface area contributed by atoms with Crippen LogP contribution in [0, 0.1) is 18.3 Å². The lowest BCUT2D eigenvalue weighted by Crippen LogP contribution is -2.25. The first-order chi connectivity index (χ1) is 6.70. The predicted octanol–water partition coefficient (Wildman–Crippen LogP) is 1.39. The van der Waals surface area contributed by atoms with E-state index in [1.54, 1.807) is 28.5 Å². The van der Waals surface area contributed by atoms with Crippen molar-refractivity contribution in [3.63, 3.8) is 0 Å². The number of nitrogens with zero attached hydrogens (tertiary/aromatic N) is 2. The van der Waals surface area contributed by atoms with Gasteiger partial charge >= 0.3 is 0 Å². The van der Waals surface area contributed by atoms with Crippen LogP contribution in [-0.4, -0.2) is 16.6 Å². The Labute approximate surface area is 87.4 Å². The SMILES string of the molecule is CSCCn1c(C)ccc(C#N)c1=O. The maximum absolute atomic E-state index is 11.7. The average Bonchev–Trinajstić information content (AvgIpc) is 2.18. The van der Waals surface area contributed by atoms with Gasteiger partial charge in [-0.05, 0) is 25.3 Å². The van der Waals surface area contributed by atoms with Crippen LogP contribution < -0.4 is 5.56 Å². The second kappa shape index (κ2) is 4.87. The van der Waals surface area contributed by atoms with Gasteiger partial charge in [0.1, 0.15) is 11.6 Å². The van der Waals surface area contributed by atoms with Gasteiger partial charge in [-0.15, -0.1) is 0 Å². The number of nitriles is 1. The third-order valence-corrected chi connectivity index (χ3v) is 2.62. The summed E-state index contributed by atoms with van der Waals surface area (Å²) in [5.74, 6) is 0.885. The van der Waals surface area contributed by atoms with Crippen LogP contribution in [0.3, 0.4) is 0 Å². The summed E-state index contributed by atoms with van der Waals surface area (Å²) in [5.41, 5.74) is 0.946. The van der Waals surface area contributed by atoms with E-state index in [9.17, 15) is 4.79 Å². The normalized spacial score (nSPS) is 9.79. The summed E-state index contributed by atoms with van der Waals surface area (Å²) in [7, 11) is 0. The Bertz CT molecular complexity index is 417. The molecule has 74 valence electrons. The molecule has 3 nitrogen and oxygen atoms in total. The molecular formula is C10H12N2OS. The van der Waals surface area contributed by atoms with Gasteiger partial charge in [0.25, 0.3) is 5.56 Å². The number of pyridine rings is 1. The third-order valence-electron chi connectivity index (χ3n) is 2.03. The molecule has 1 rings (SSSR count). The van der Waals surface area contributed by atoms with Gasteiger partial charge < -0.3 is 4.57 Å². The molecule has 0 amide bonds. The summed E-state index contributed by atoms with van der Waals surface area (Å²) in [6, 6.07) is 5.28. The molecule has 0 bridgehead atoms. The van der Waals surface area contributed by atoms with Crippen molar-refractivity contribution in [2.45, 2.75) is 13.5 Å². The van der Waals surface area contributed by atoms with Crippen molar-refractivity contribution in [3.8, 4) is 6.07 Å². The number of rotatable bonds is 3. The standard InChI is InChI=1S/C10H12N2OS/c1-8-3-4-9(7-11)10(13)12(8)5-6-14-2/h3-4H,5-6H2,1-2H3. The van der Waals surface area contributed by atoms with Gasteiger partial charge in [0.05, 0.1) is 0 Å². The maximum atomic E-state index is 11.7. The zero-order chi connectivity index (χ0) is 10.6. The summed E-state index contributed by atoms with van der Waals surface area (Å²) < 4.78 is 1.65. The van der Waals surface area contributed by atoms with E-state index in [1.807, 2.05) is 19.2 Å². The Kier molecular flexibility index (Phi) is 3.78. The van der Waals surface area contributed by atoms with E-state index in [2.05, 4.69) is 0 Å². The first kappa shape index (κ1) is 10.9. The molecule has 0 aromatic carbocycles. The molecule has 14 heavy (non-hydrogen) atoms. The van der Waals surface area contributed by atoms with Crippen LogP contribution >= 0.6 is 11.8 Å². The molecule has 0 atom stereocenters. The summed E-state index contributed by atoms with van der Waals surface area (Å²) in [5, 5.41) is 8.69. The summed E-state index contributed by atoms with van der Waals surface area (Å²) >= 11 is 1.68. The van der Waals surface area contributed by atoms with E-state index in [1.165, 1.54) is 0 Å². The van der Waals surface area contributed by atoms with Crippen LogP contribution in [0.1, 0.15) is 11.3 Å². The Morgan fingerprint density at radius 2 is 2.29 bits per heavy atom. The van der Waals surface area contributed by atoms with Gasteiger partial charge in [0, 0.05) is 18.0 Å². The largest absolute Gasteiger partial charge is 0.311 e. The smallest absolute Gasteiger partial charge is 0.268 e. The van der Waals surface area contributed by atoms with Crippen molar-refractivity contribution >= 4 is 11.8 Å². The first-order valence-corrected chi connectivity index (χ1v) is 5.69. The van der Waals surface area contributed by atoms with E-state index in [-0.39, 0.29) is 11.1 Å². The highest BCUT2D eigenvalue weighted by molar-refractivity contribution is 7.98.